The lowest BCUT2D eigenvalue weighted by atomic mass is 9.69. The average molecular weight is 384 g/mol. The molecule has 2 aromatic rings. The van der Waals surface area contributed by atoms with E-state index in [4.69, 9.17) is 0 Å². The van der Waals surface area contributed by atoms with E-state index in [-0.39, 0.29) is 0 Å². The smallest absolute Gasteiger partial charge is 0.151 e. The van der Waals surface area contributed by atoms with Crippen molar-refractivity contribution in [2.24, 2.45) is 0 Å². The summed E-state index contributed by atoms with van der Waals surface area (Å²) in [6.07, 6.45) is 7.82. The van der Waals surface area contributed by atoms with Gasteiger partial charge in [-0.3, -0.25) is 0 Å². The molecule has 2 aromatic carbocycles. The number of rotatable bonds is 9. The first kappa shape index (κ1) is 20.4. The van der Waals surface area contributed by atoms with Gasteiger partial charge >= 0.3 is 0 Å². The highest BCUT2D eigenvalue weighted by Gasteiger charge is 2.60. The second-order valence-electron chi connectivity index (χ2n) is 8.25. The molecule has 1 aliphatic carbocycles. The molecule has 27 heavy (non-hydrogen) atoms. The van der Waals surface area contributed by atoms with Crippen LogP contribution in [0.1, 0.15) is 65.2 Å². The first-order valence-corrected chi connectivity index (χ1v) is 12.1. The predicted molar refractivity (Wildman–Crippen MR) is 116 cm³/mol. The number of hydrogen-bond donors (Lipinski definition) is 1. The van der Waals surface area contributed by atoms with Crippen LogP contribution >= 0.6 is 7.14 Å². The van der Waals surface area contributed by atoms with Gasteiger partial charge in [0.15, 0.2) is 7.14 Å². The summed E-state index contributed by atoms with van der Waals surface area (Å²) in [7, 11) is -3.03. The summed E-state index contributed by atoms with van der Waals surface area (Å²) >= 11 is 0. The summed E-state index contributed by atoms with van der Waals surface area (Å²) in [4.78, 5) is 0. The molecule has 1 aliphatic rings. The third kappa shape index (κ3) is 3.55. The molecule has 0 unspecified atom stereocenters. The predicted octanol–water partition coefficient (Wildman–Crippen LogP) is 5.64. The standard InChI is InChI=1S/C24H33O2P/c1-3-4-5-12-18-23(2,24(25)19-13-20-24)27(26,21-14-8-6-9-15-21)22-16-10-7-11-17-22/h6-11,14-17,25H,3-5,12-13,18-20H2,1-2H3/t23-/m1/s1. The molecule has 1 atom stereocenters. The van der Waals surface area contributed by atoms with E-state index >= 15 is 0 Å². The molecule has 0 spiro atoms. The normalized spacial score (nSPS) is 18.5. The lowest BCUT2D eigenvalue weighted by Gasteiger charge is -2.54. The topological polar surface area (TPSA) is 37.3 Å². The lowest BCUT2D eigenvalue weighted by Crippen LogP contribution is -2.59. The summed E-state index contributed by atoms with van der Waals surface area (Å²) in [6, 6.07) is 19.7. The molecular weight excluding hydrogens is 351 g/mol. The van der Waals surface area contributed by atoms with Crippen LogP contribution < -0.4 is 10.6 Å². The molecule has 0 amide bonds. The van der Waals surface area contributed by atoms with Gasteiger partial charge in [-0.2, -0.15) is 0 Å². The van der Waals surface area contributed by atoms with Crippen molar-refractivity contribution in [3.05, 3.63) is 60.7 Å². The van der Waals surface area contributed by atoms with E-state index in [0.29, 0.717) is 0 Å². The van der Waals surface area contributed by atoms with Crippen molar-refractivity contribution >= 4 is 17.8 Å². The number of aliphatic hydroxyl groups is 1. The Kier molecular flexibility index (Phi) is 6.28. The fourth-order valence-electron chi connectivity index (χ4n) is 4.62. The fourth-order valence-corrected chi connectivity index (χ4v) is 8.53. The van der Waals surface area contributed by atoms with Gasteiger partial charge in [-0.25, -0.2) is 0 Å². The van der Waals surface area contributed by atoms with E-state index in [1.54, 1.807) is 0 Å². The van der Waals surface area contributed by atoms with Crippen LogP contribution in [0.2, 0.25) is 0 Å². The summed E-state index contributed by atoms with van der Waals surface area (Å²) < 4.78 is 15.0. The maximum atomic E-state index is 15.0. The second kappa shape index (κ2) is 8.33. The van der Waals surface area contributed by atoms with Crippen LogP contribution in [-0.4, -0.2) is 15.9 Å². The fraction of sp³-hybridized carbons (Fsp3) is 0.500. The van der Waals surface area contributed by atoms with Crippen molar-refractivity contribution < 1.29 is 9.67 Å². The molecule has 0 aliphatic heterocycles. The third-order valence-electron chi connectivity index (χ3n) is 6.63. The van der Waals surface area contributed by atoms with E-state index in [1.165, 1.54) is 12.8 Å². The minimum Gasteiger partial charge on any atom is -0.389 e. The van der Waals surface area contributed by atoms with Gasteiger partial charge in [0.05, 0.1) is 10.8 Å². The lowest BCUT2D eigenvalue weighted by molar-refractivity contribution is -0.0684. The maximum Gasteiger partial charge on any atom is 0.151 e. The summed E-state index contributed by atoms with van der Waals surface area (Å²) in [5.41, 5.74) is -0.847. The van der Waals surface area contributed by atoms with Crippen LogP contribution in [0, 0.1) is 0 Å². The molecule has 1 fully saturated rings. The van der Waals surface area contributed by atoms with Crippen molar-refractivity contribution in [3.8, 4) is 0 Å². The molecule has 2 nitrogen and oxygen atoms in total. The molecule has 3 rings (SSSR count). The van der Waals surface area contributed by atoms with Gasteiger partial charge in [-0.1, -0.05) is 93.3 Å². The molecule has 0 aromatic heterocycles. The van der Waals surface area contributed by atoms with Gasteiger partial charge in [-0.05, 0) is 32.6 Å². The summed E-state index contributed by atoms with van der Waals surface area (Å²) in [5.74, 6) is 0. The monoisotopic (exact) mass is 384 g/mol. The van der Waals surface area contributed by atoms with Gasteiger partial charge in [0, 0.05) is 10.6 Å². The zero-order chi connectivity index (χ0) is 19.4. The van der Waals surface area contributed by atoms with Crippen LogP contribution in [-0.2, 0) is 4.57 Å². The van der Waals surface area contributed by atoms with Crippen molar-refractivity contribution in [2.75, 3.05) is 0 Å². The SMILES string of the molecule is CCCCCC[C@](C)(C1(O)CCC1)P(=O)(c1ccccc1)c1ccccc1. The first-order chi connectivity index (χ1) is 13.0. The number of hydrogen-bond acceptors (Lipinski definition) is 2. The molecule has 0 bridgehead atoms. The van der Waals surface area contributed by atoms with Gasteiger partial charge in [0.2, 0.25) is 0 Å². The van der Waals surface area contributed by atoms with E-state index in [1.807, 2.05) is 60.7 Å². The van der Waals surface area contributed by atoms with Gasteiger partial charge in [-0.15, -0.1) is 0 Å². The third-order valence-corrected chi connectivity index (χ3v) is 10.7. The minimum absolute atomic E-state index is 0.644. The van der Waals surface area contributed by atoms with Gasteiger partial charge < -0.3 is 9.67 Å². The maximum absolute atomic E-state index is 15.0. The van der Waals surface area contributed by atoms with E-state index < -0.39 is 17.9 Å². The Morgan fingerprint density at radius 1 is 0.926 bits per heavy atom. The Hall–Kier alpha value is -1.37. The molecule has 0 saturated heterocycles. The Balaban J connectivity index is 2.12. The number of benzene rings is 2. The quantitative estimate of drug-likeness (QED) is 0.448. The average Bonchev–Trinajstić information content (AvgIpc) is 2.69. The Morgan fingerprint density at radius 3 is 1.85 bits per heavy atom. The zero-order valence-corrected chi connectivity index (χ0v) is 17.6. The molecule has 146 valence electrons. The summed E-state index contributed by atoms with van der Waals surface area (Å²) in [6.45, 7) is 4.30. The minimum atomic E-state index is -3.03. The van der Waals surface area contributed by atoms with Crippen molar-refractivity contribution in [3.63, 3.8) is 0 Å². The Labute approximate surface area is 164 Å². The van der Waals surface area contributed by atoms with Crippen LogP contribution in [0.25, 0.3) is 0 Å². The van der Waals surface area contributed by atoms with Crippen LogP contribution in [0.4, 0.5) is 0 Å². The summed E-state index contributed by atoms with van der Waals surface area (Å²) in [5, 5.41) is 12.7. The van der Waals surface area contributed by atoms with Crippen LogP contribution in [0.15, 0.2) is 60.7 Å². The Bertz CT molecular complexity index is 724. The molecule has 1 saturated carbocycles. The van der Waals surface area contributed by atoms with Crippen molar-refractivity contribution in [1.82, 2.24) is 0 Å². The zero-order valence-electron chi connectivity index (χ0n) is 16.7. The van der Waals surface area contributed by atoms with E-state index in [2.05, 4.69) is 13.8 Å². The van der Waals surface area contributed by atoms with E-state index in [0.717, 1.165) is 49.1 Å². The molecule has 1 N–H and O–H groups in total. The van der Waals surface area contributed by atoms with E-state index in [9.17, 15) is 9.67 Å². The highest BCUT2D eigenvalue weighted by atomic mass is 31.2. The van der Waals surface area contributed by atoms with Crippen molar-refractivity contribution in [1.29, 1.82) is 0 Å². The highest BCUT2D eigenvalue weighted by Crippen LogP contribution is 2.66. The first-order valence-electron chi connectivity index (χ1n) is 10.4. The Morgan fingerprint density at radius 2 is 1.44 bits per heavy atom. The largest absolute Gasteiger partial charge is 0.389 e. The van der Waals surface area contributed by atoms with Crippen LogP contribution in [0.5, 0.6) is 0 Å². The van der Waals surface area contributed by atoms with Gasteiger partial charge in [0.25, 0.3) is 0 Å². The van der Waals surface area contributed by atoms with Gasteiger partial charge in [0.1, 0.15) is 0 Å². The second-order valence-corrected chi connectivity index (χ2v) is 11.5. The molecular formula is C24H33O2P. The molecule has 3 heteroatoms. The highest BCUT2D eigenvalue weighted by molar-refractivity contribution is 7.80. The molecule has 0 radical (unpaired) electrons. The molecule has 0 heterocycles. The number of unbranched alkanes of at least 4 members (excludes halogenated alkanes) is 3. The van der Waals surface area contributed by atoms with Crippen molar-refractivity contribution in [2.45, 2.75) is 76.0 Å². The van der Waals surface area contributed by atoms with Crippen LogP contribution in [0.3, 0.4) is 0 Å².